The highest BCUT2D eigenvalue weighted by atomic mass is 16.6. The number of hydrogen-bond acceptors (Lipinski definition) is 6. The van der Waals surface area contributed by atoms with Gasteiger partial charge in [-0.25, -0.2) is 9.78 Å². The van der Waals surface area contributed by atoms with Gasteiger partial charge in [0, 0.05) is 24.8 Å². The molecule has 0 bridgehead atoms. The highest BCUT2D eigenvalue weighted by Gasteiger charge is 2.40. The number of carboxylic acid groups (broad SMARTS) is 1. The molecule has 3 aromatic rings. The van der Waals surface area contributed by atoms with Crippen molar-refractivity contribution in [3.05, 3.63) is 71.6 Å². The summed E-state index contributed by atoms with van der Waals surface area (Å²) in [5.41, 5.74) is 1.44. The molecule has 0 aliphatic carbocycles. The quantitative estimate of drug-likeness (QED) is 0.568. The van der Waals surface area contributed by atoms with Gasteiger partial charge >= 0.3 is 5.97 Å². The summed E-state index contributed by atoms with van der Waals surface area (Å²) in [6, 6.07) is 17.3. The number of carbonyl (C=O) groups is 1. The van der Waals surface area contributed by atoms with E-state index in [0.717, 1.165) is 22.6 Å². The summed E-state index contributed by atoms with van der Waals surface area (Å²) >= 11 is 0. The predicted molar refractivity (Wildman–Crippen MR) is 118 cm³/mol. The van der Waals surface area contributed by atoms with Crippen molar-refractivity contribution >= 4 is 5.97 Å². The van der Waals surface area contributed by atoms with Crippen LogP contribution >= 0.6 is 0 Å². The van der Waals surface area contributed by atoms with Crippen LogP contribution in [0.5, 0.6) is 5.75 Å². The molecule has 32 heavy (non-hydrogen) atoms. The lowest BCUT2D eigenvalue weighted by Crippen LogP contribution is -2.44. The van der Waals surface area contributed by atoms with E-state index in [2.05, 4.69) is 4.98 Å². The van der Waals surface area contributed by atoms with Crippen molar-refractivity contribution in [1.82, 2.24) is 4.98 Å². The van der Waals surface area contributed by atoms with Crippen molar-refractivity contribution < 1.29 is 28.5 Å². The number of nitrogens with zero attached hydrogens (tertiary/aromatic N) is 1. The molecule has 1 aliphatic rings. The van der Waals surface area contributed by atoms with Gasteiger partial charge in [-0.05, 0) is 36.8 Å². The fraction of sp³-hybridized carbons (Fsp3) is 0.360. The first-order chi connectivity index (χ1) is 15.6. The molecular formula is C25H27NO6. The lowest BCUT2D eigenvalue weighted by Gasteiger charge is -2.27. The van der Waals surface area contributed by atoms with Crippen molar-refractivity contribution in [2.45, 2.75) is 31.8 Å². The van der Waals surface area contributed by atoms with E-state index in [4.69, 9.17) is 18.6 Å². The molecule has 7 nitrogen and oxygen atoms in total. The fourth-order valence-electron chi connectivity index (χ4n) is 3.75. The second-order valence-corrected chi connectivity index (χ2v) is 7.82. The number of benzene rings is 2. The van der Waals surface area contributed by atoms with Gasteiger partial charge in [0.2, 0.25) is 5.89 Å². The van der Waals surface area contributed by atoms with Gasteiger partial charge in [-0.3, -0.25) is 0 Å². The summed E-state index contributed by atoms with van der Waals surface area (Å²) in [5.74, 6) is 1.16. The smallest absolute Gasteiger partial charge is 0.336 e. The zero-order chi connectivity index (χ0) is 22.4. The Hall–Kier alpha value is -3.16. The summed E-state index contributed by atoms with van der Waals surface area (Å²) in [6.45, 7) is 3.43. The number of rotatable bonds is 8. The van der Waals surface area contributed by atoms with Crippen molar-refractivity contribution in [2.75, 3.05) is 26.4 Å². The molecular weight excluding hydrogens is 410 g/mol. The maximum absolute atomic E-state index is 11.9. The molecule has 2 aromatic carbocycles. The number of hydrogen-bond donors (Lipinski definition) is 1. The molecule has 1 fully saturated rings. The topological polar surface area (TPSA) is 91.0 Å². The Morgan fingerprint density at radius 2 is 1.88 bits per heavy atom. The first-order valence-corrected chi connectivity index (χ1v) is 10.7. The number of aromatic nitrogens is 1. The maximum atomic E-state index is 11.9. The molecule has 2 heterocycles. The maximum Gasteiger partial charge on any atom is 0.336 e. The standard InChI is InChI=1S/C25H27NO6/c1-18-22(26-23(32-18)20-5-3-2-4-6-20)11-13-30-21-9-7-19(8-10-21)17-25(24(27)28)12-14-29-15-16-31-25/h2-10H,11-17H2,1H3,(H,27,28)/t25-/m1/s1. The molecule has 4 rings (SSSR count). The largest absolute Gasteiger partial charge is 0.493 e. The average Bonchev–Trinajstić information content (AvgIpc) is 3.01. The van der Waals surface area contributed by atoms with Crippen LogP contribution in [0.1, 0.15) is 23.4 Å². The van der Waals surface area contributed by atoms with Crippen molar-refractivity contribution in [1.29, 1.82) is 0 Å². The Bertz CT molecular complexity index is 1020. The number of oxazole rings is 1. The average molecular weight is 437 g/mol. The third kappa shape index (κ3) is 5.18. The predicted octanol–water partition coefficient (Wildman–Crippen LogP) is 4.07. The first-order valence-electron chi connectivity index (χ1n) is 10.7. The normalized spacial score (nSPS) is 18.8. The van der Waals surface area contributed by atoms with Gasteiger partial charge < -0.3 is 23.7 Å². The summed E-state index contributed by atoms with van der Waals surface area (Å²) < 4.78 is 22.7. The lowest BCUT2D eigenvalue weighted by atomic mass is 9.91. The van der Waals surface area contributed by atoms with Crippen LogP contribution in [0, 0.1) is 6.92 Å². The van der Waals surface area contributed by atoms with Gasteiger partial charge in [-0.2, -0.15) is 0 Å². The van der Waals surface area contributed by atoms with Crippen LogP contribution in [0.2, 0.25) is 0 Å². The second kappa shape index (κ2) is 9.97. The van der Waals surface area contributed by atoms with Gasteiger partial charge in [0.1, 0.15) is 11.5 Å². The van der Waals surface area contributed by atoms with Crippen LogP contribution in [0.4, 0.5) is 0 Å². The molecule has 168 valence electrons. The van der Waals surface area contributed by atoms with Crippen LogP contribution < -0.4 is 4.74 Å². The van der Waals surface area contributed by atoms with E-state index in [-0.39, 0.29) is 13.0 Å². The Kier molecular flexibility index (Phi) is 6.87. The number of aryl methyl sites for hydroxylation is 1. The SMILES string of the molecule is Cc1oc(-c2ccccc2)nc1CCOc1ccc(C[C@@]2(C(=O)O)CCOCCO2)cc1. The van der Waals surface area contributed by atoms with Gasteiger partial charge in [0.05, 0.1) is 32.1 Å². The molecule has 1 atom stereocenters. The first kappa shape index (κ1) is 22.0. The Morgan fingerprint density at radius 3 is 2.62 bits per heavy atom. The van der Waals surface area contributed by atoms with Crippen LogP contribution in [-0.4, -0.2) is 48.1 Å². The van der Waals surface area contributed by atoms with Crippen LogP contribution in [0.15, 0.2) is 59.0 Å². The summed E-state index contributed by atoms with van der Waals surface area (Å²) in [6.07, 6.45) is 1.23. The minimum absolute atomic E-state index is 0.279. The number of carboxylic acids is 1. The Balaban J connectivity index is 1.33. The summed E-state index contributed by atoms with van der Waals surface area (Å²) in [4.78, 5) is 16.5. The Labute approximate surface area is 186 Å². The van der Waals surface area contributed by atoms with Crippen molar-refractivity contribution in [2.24, 2.45) is 0 Å². The fourth-order valence-corrected chi connectivity index (χ4v) is 3.75. The molecule has 1 aromatic heterocycles. The highest BCUT2D eigenvalue weighted by molar-refractivity contribution is 5.78. The summed E-state index contributed by atoms with van der Waals surface area (Å²) in [7, 11) is 0. The molecule has 0 unspecified atom stereocenters. The van der Waals surface area contributed by atoms with Crippen molar-refractivity contribution in [3.63, 3.8) is 0 Å². The molecule has 0 saturated carbocycles. The van der Waals surface area contributed by atoms with Gasteiger partial charge in [-0.15, -0.1) is 0 Å². The van der Waals surface area contributed by atoms with E-state index in [1.165, 1.54) is 0 Å². The minimum Gasteiger partial charge on any atom is -0.493 e. The molecule has 1 saturated heterocycles. The lowest BCUT2D eigenvalue weighted by molar-refractivity contribution is -0.165. The van der Waals surface area contributed by atoms with E-state index in [9.17, 15) is 9.90 Å². The molecule has 1 N–H and O–H groups in total. The monoisotopic (exact) mass is 437 g/mol. The molecule has 0 spiro atoms. The molecule has 0 amide bonds. The zero-order valence-corrected chi connectivity index (χ0v) is 18.1. The van der Waals surface area contributed by atoms with E-state index in [1.807, 2.05) is 61.5 Å². The van der Waals surface area contributed by atoms with Crippen LogP contribution in [-0.2, 0) is 27.1 Å². The van der Waals surface area contributed by atoms with Gasteiger partial charge in [-0.1, -0.05) is 30.3 Å². The van der Waals surface area contributed by atoms with E-state index < -0.39 is 11.6 Å². The minimum atomic E-state index is -1.25. The third-order valence-corrected chi connectivity index (χ3v) is 5.58. The van der Waals surface area contributed by atoms with E-state index in [1.54, 1.807) is 0 Å². The van der Waals surface area contributed by atoms with Crippen molar-refractivity contribution in [3.8, 4) is 17.2 Å². The third-order valence-electron chi connectivity index (χ3n) is 5.58. The van der Waals surface area contributed by atoms with E-state index in [0.29, 0.717) is 44.3 Å². The summed E-state index contributed by atoms with van der Waals surface area (Å²) in [5, 5.41) is 9.73. The van der Waals surface area contributed by atoms with Gasteiger partial charge in [0.25, 0.3) is 0 Å². The highest BCUT2D eigenvalue weighted by Crippen LogP contribution is 2.26. The number of ether oxygens (including phenoxy) is 3. The Morgan fingerprint density at radius 1 is 1.09 bits per heavy atom. The molecule has 7 heteroatoms. The van der Waals surface area contributed by atoms with Gasteiger partial charge in [0.15, 0.2) is 5.60 Å². The van der Waals surface area contributed by atoms with E-state index >= 15 is 0 Å². The van der Waals surface area contributed by atoms with Crippen LogP contribution in [0.25, 0.3) is 11.5 Å². The van der Waals surface area contributed by atoms with Crippen LogP contribution in [0.3, 0.4) is 0 Å². The molecule has 0 radical (unpaired) electrons. The number of aliphatic carboxylic acids is 1. The molecule has 1 aliphatic heterocycles. The second-order valence-electron chi connectivity index (χ2n) is 7.82. The zero-order valence-electron chi connectivity index (χ0n) is 18.1.